The summed E-state index contributed by atoms with van der Waals surface area (Å²) >= 11 is 0. The third-order valence-electron chi connectivity index (χ3n) is 5.22. The Bertz CT molecular complexity index is 1100. The van der Waals surface area contributed by atoms with Crippen LogP contribution in [0.15, 0.2) is 48.5 Å². The lowest BCUT2D eigenvalue weighted by Crippen LogP contribution is -2.32. The lowest BCUT2D eigenvalue weighted by Gasteiger charge is -2.18. The normalized spacial score (nSPS) is 13.2. The summed E-state index contributed by atoms with van der Waals surface area (Å²) in [6.07, 6.45) is 2.02. The standard InChI is InChI=1S/C22H24N6O3/c1-15-20(25-26-28(15)16-8-7-9-17(14-16)31-2)21(29)23-18-10-3-4-11-19(18)24-22(30)27-12-5-6-13-27/h3-4,7-11,14H,5-6,12-13H2,1-2H3,(H,23,29)(H,24,30). The van der Waals surface area contributed by atoms with Crippen molar-refractivity contribution < 1.29 is 14.3 Å². The molecule has 0 saturated carbocycles. The molecule has 3 aromatic rings. The Labute approximate surface area is 180 Å². The number of ether oxygens (including phenoxy) is 1. The molecular formula is C22H24N6O3. The first-order chi connectivity index (χ1) is 15.1. The number of aromatic nitrogens is 3. The van der Waals surface area contributed by atoms with E-state index in [4.69, 9.17) is 4.74 Å². The van der Waals surface area contributed by atoms with Crippen molar-refractivity contribution in [3.8, 4) is 11.4 Å². The SMILES string of the molecule is COc1cccc(-n2nnc(C(=O)Nc3ccccc3NC(=O)N3CCCC3)c2C)c1. The van der Waals surface area contributed by atoms with Crippen LogP contribution in [0.2, 0.25) is 0 Å². The number of likely N-dealkylation sites (tertiary alicyclic amines) is 1. The predicted octanol–water partition coefficient (Wildman–Crippen LogP) is 3.46. The molecule has 0 bridgehead atoms. The Morgan fingerprint density at radius 3 is 2.42 bits per heavy atom. The van der Waals surface area contributed by atoms with E-state index in [1.54, 1.807) is 47.9 Å². The fourth-order valence-corrected chi connectivity index (χ4v) is 3.52. The van der Waals surface area contributed by atoms with Gasteiger partial charge in [0.25, 0.3) is 5.91 Å². The Kier molecular flexibility index (Phi) is 5.83. The van der Waals surface area contributed by atoms with Gasteiger partial charge in [-0.15, -0.1) is 5.10 Å². The molecule has 160 valence electrons. The topological polar surface area (TPSA) is 101 Å². The van der Waals surface area contributed by atoms with Gasteiger partial charge < -0.3 is 20.3 Å². The number of nitrogens with one attached hydrogen (secondary N) is 2. The van der Waals surface area contributed by atoms with Gasteiger partial charge in [0, 0.05) is 19.2 Å². The molecule has 31 heavy (non-hydrogen) atoms. The van der Waals surface area contributed by atoms with Crippen LogP contribution in [0, 0.1) is 6.92 Å². The van der Waals surface area contributed by atoms with Crippen molar-refractivity contribution in [1.82, 2.24) is 19.9 Å². The largest absolute Gasteiger partial charge is 0.497 e. The van der Waals surface area contributed by atoms with Crippen LogP contribution < -0.4 is 15.4 Å². The molecule has 9 nitrogen and oxygen atoms in total. The highest BCUT2D eigenvalue weighted by atomic mass is 16.5. The van der Waals surface area contributed by atoms with Crippen molar-refractivity contribution >= 4 is 23.3 Å². The molecule has 1 aromatic heterocycles. The molecule has 9 heteroatoms. The zero-order valence-corrected chi connectivity index (χ0v) is 17.5. The van der Waals surface area contributed by atoms with Gasteiger partial charge in [-0.05, 0) is 44.0 Å². The molecule has 2 aromatic carbocycles. The number of benzene rings is 2. The van der Waals surface area contributed by atoms with E-state index in [0.29, 0.717) is 22.8 Å². The van der Waals surface area contributed by atoms with E-state index in [2.05, 4.69) is 20.9 Å². The highest BCUT2D eigenvalue weighted by molar-refractivity contribution is 6.06. The Morgan fingerprint density at radius 2 is 1.71 bits per heavy atom. The molecule has 0 radical (unpaired) electrons. The molecule has 0 spiro atoms. The number of carbonyl (C=O) groups excluding carboxylic acids is 2. The van der Waals surface area contributed by atoms with Crippen LogP contribution >= 0.6 is 0 Å². The van der Waals surface area contributed by atoms with E-state index in [-0.39, 0.29) is 11.7 Å². The first kappa shape index (κ1) is 20.4. The highest BCUT2D eigenvalue weighted by Crippen LogP contribution is 2.24. The highest BCUT2D eigenvalue weighted by Gasteiger charge is 2.21. The molecule has 0 aliphatic carbocycles. The molecule has 1 aliphatic rings. The molecule has 0 unspecified atom stereocenters. The smallest absolute Gasteiger partial charge is 0.321 e. The summed E-state index contributed by atoms with van der Waals surface area (Å²) in [5.74, 6) is 0.274. The zero-order chi connectivity index (χ0) is 21.8. The molecule has 0 atom stereocenters. The number of hydrogen-bond acceptors (Lipinski definition) is 5. The third-order valence-corrected chi connectivity index (χ3v) is 5.22. The Morgan fingerprint density at radius 1 is 1.00 bits per heavy atom. The van der Waals surface area contributed by atoms with E-state index in [1.807, 2.05) is 24.3 Å². The molecule has 3 amide bonds. The third kappa shape index (κ3) is 4.35. The van der Waals surface area contributed by atoms with Crippen molar-refractivity contribution in [2.24, 2.45) is 0 Å². The van der Waals surface area contributed by atoms with Gasteiger partial charge in [0.2, 0.25) is 0 Å². The number of anilines is 2. The maximum atomic E-state index is 12.9. The lowest BCUT2D eigenvalue weighted by molar-refractivity contribution is 0.102. The number of methoxy groups -OCH3 is 1. The van der Waals surface area contributed by atoms with Gasteiger partial charge in [0.15, 0.2) is 5.69 Å². The number of rotatable bonds is 5. The van der Waals surface area contributed by atoms with Crippen LogP contribution in [0.5, 0.6) is 5.75 Å². The minimum Gasteiger partial charge on any atom is -0.497 e. The molecule has 1 fully saturated rings. The summed E-state index contributed by atoms with van der Waals surface area (Å²) < 4.78 is 6.83. The second-order valence-corrected chi connectivity index (χ2v) is 7.26. The molecule has 2 heterocycles. The summed E-state index contributed by atoms with van der Waals surface area (Å²) in [4.78, 5) is 27.1. The Balaban J connectivity index is 1.53. The molecule has 2 N–H and O–H groups in total. The van der Waals surface area contributed by atoms with Crippen LogP contribution in [-0.2, 0) is 0 Å². The van der Waals surface area contributed by atoms with Crippen LogP contribution in [0.4, 0.5) is 16.2 Å². The lowest BCUT2D eigenvalue weighted by atomic mass is 10.2. The molecule has 1 saturated heterocycles. The maximum Gasteiger partial charge on any atom is 0.321 e. The predicted molar refractivity (Wildman–Crippen MR) is 117 cm³/mol. The number of nitrogens with zero attached hydrogens (tertiary/aromatic N) is 4. The van der Waals surface area contributed by atoms with Gasteiger partial charge in [-0.1, -0.05) is 23.4 Å². The van der Waals surface area contributed by atoms with E-state index in [1.165, 1.54) is 0 Å². The van der Waals surface area contributed by atoms with E-state index in [0.717, 1.165) is 31.6 Å². The van der Waals surface area contributed by atoms with Crippen LogP contribution in [0.1, 0.15) is 29.0 Å². The monoisotopic (exact) mass is 420 g/mol. The Hall–Kier alpha value is -3.88. The summed E-state index contributed by atoms with van der Waals surface area (Å²) in [7, 11) is 1.59. The molecular weight excluding hydrogens is 396 g/mol. The average Bonchev–Trinajstić information content (AvgIpc) is 3.45. The minimum atomic E-state index is -0.408. The molecule has 4 rings (SSSR count). The van der Waals surface area contributed by atoms with Crippen molar-refractivity contribution in [3.05, 3.63) is 59.9 Å². The van der Waals surface area contributed by atoms with Crippen molar-refractivity contribution in [2.45, 2.75) is 19.8 Å². The average molecular weight is 420 g/mol. The first-order valence-electron chi connectivity index (χ1n) is 10.1. The number of urea groups is 1. The quantitative estimate of drug-likeness (QED) is 0.658. The van der Waals surface area contributed by atoms with Crippen LogP contribution in [0.3, 0.4) is 0 Å². The van der Waals surface area contributed by atoms with E-state index in [9.17, 15) is 9.59 Å². The van der Waals surface area contributed by atoms with Gasteiger partial charge in [-0.25, -0.2) is 9.48 Å². The second-order valence-electron chi connectivity index (χ2n) is 7.26. The van der Waals surface area contributed by atoms with Crippen LogP contribution in [0.25, 0.3) is 5.69 Å². The van der Waals surface area contributed by atoms with Gasteiger partial charge in [-0.2, -0.15) is 0 Å². The number of carbonyl (C=O) groups is 2. The zero-order valence-electron chi connectivity index (χ0n) is 17.5. The van der Waals surface area contributed by atoms with Gasteiger partial charge in [0.05, 0.1) is 29.9 Å². The fraction of sp³-hybridized carbons (Fsp3) is 0.273. The first-order valence-corrected chi connectivity index (χ1v) is 10.1. The number of amides is 3. The summed E-state index contributed by atoms with van der Waals surface area (Å²) in [6.45, 7) is 3.26. The summed E-state index contributed by atoms with van der Waals surface area (Å²) in [6, 6.07) is 14.3. The number of hydrogen-bond donors (Lipinski definition) is 2. The summed E-state index contributed by atoms with van der Waals surface area (Å²) in [5.41, 5.74) is 2.55. The van der Waals surface area contributed by atoms with Crippen molar-refractivity contribution in [3.63, 3.8) is 0 Å². The van der Waals surface area contributed by atoms with E-state index < -0.39 is 5.91 Å². The van der Waals surface area contributed by atoms with Gasteiger partial charge in [0.1, 0.15) is 5.75 Å². The van der Waals surface area contributed by atoms with Crippen LogP contribution in [-0.4, -0.2) is 52.0 Å². The molecule has 1 aliphatic heterocycles. The van der Waals surface area contributed by atoms with E-state index >= 15 is 0 Å². The van der Waals surface area contributed by atoms with Gasteiger partial charge >= 0.3 is 6.03 Å². The van der Waals surface area contributed by atoms with Crippen molar-refractivity contribution in [1.29, 1.82) is 0 Å². The fourth-order valence-electron chi connectivity index (χ4n) is 3.52. The van der Waals surface area contributed by atoms with Crippen molar-refractivity contribution in [2.75, 3.05) is 30.8 Å². The second kappa shape index (κ2) is 8.86. The maximum absolute atomic E-state index is 12.9. The minimum absolute atomic E-state index is 0.167. The number of para-hydroxylation sites is 2. The summed E-state index contributed by atoms with van der Waals surface area (Å²) in [5, 5.41) is 13.9. The van der Waals surface area contributed by atoms with Gasteiger partial charge in [-0.3, -0.25) is 4.79 Å².